The Bertz CT molecular complexity index is 1910. The fraction of sp³-hybridized carbons (Fsp3) is 0.483. The third-order valence-corrected chi connectivity index (χ3v) is 9.00. The van der Waals surface area contributed by atoms with Crippen LogP contribution in [0.2, 0.25) is 0 Å². The molecule has 19 heteroatoms. The molecule has 3 aromatic rings. The van der Waals surface area contributed by atoms with Gasteiger partial charge in [-0.2, -0.15) is 0 Å². The van der Waals surface area contributed by atoms with Crippen LogP contribution in [0.1, 0.15) is 42.0 Å². The van der Waals surface area contributed by atoms with E-state index in [1.54, 1.807) is 24.3 Å². The zero-order valence-corrected chi connectivity index (χ0v) is 26.8. The fourth-order valence-corrected chi connectivity index (χ4v) is 6.41. The molecule has 48 heavy (non-hydrogen) atoms. The van der Waals surface area contributed by atoms with Gasteiger partial charge in [0, 0.05) is 36.4 Å². The van der Waals surface area contributed by atoms with Crippen LogP contribution >= 0.6 is 7.82 Å². The van der Waals surface area contributed by atoms with E-state index in [4.69, 9.17) is 29.0 Å². The van der Waals surface area contributed by atoms with E-state index in [-0.39, 0.29) is 30.4 Å². The fourth-order valence-electron chi connectivity index (χ4n) is 5.45. The van der Waals surface area contributed by atoms with Crippen molar-refractivity contribution in [3.8, 4) is 0 Å². The van der Waals surface area contributed by atoms with Crippen LogP contribution < -0.4 is 28.2 Å². The zero-order valence-electron chi connectivity index (χ0n) is 25.9. The number of ether oxygens (including phenoxy) is 3. The molecule has 8 atom stereocenters. The first kappa shape index (κ1) is 35.3. The number of aromatic amines is 2. The Morgan fingerprint density at radius 1 is 0.958 bits per heavy atom. The van der Waals surface area contributed by atoms with Gasteiger partial charge in [-0.3, -0.25) is 42.5 Å². The summed E-state index contributed by atoms with van der Waals surface area (Å²) in [6.45, 7) is 1.66. The normalized spacial score (nSPS) is 25.9. The number of carbonyl (C=O) groups is 1. The number of esters is 1. The molecule has 2 fully saturated rings. The summed E-state index contributed by atoms with van der Waals surface area (Å²) >= 11 is 0. The minimum atomic E-state index is -4.93. The van der Waals surface area contributed by atoms with E-state index in [9.17, 15) is 38.5 Å². The van der Waals surface area contributed by atoms with Crippen molar-refractivity contribution in [3.05, 3.63) is 101 Å². The van der Waals surface area contributed by atoms with E-state index >= 15 is 0 Å². The molecule has 0 saturated carbocycles. The van der Waals surface area contributed by atoms with E-state index in [2.05, 4.69) is 9.97 Å². The maximum atomic E-state index is 13.1. The molecular formula is C29H36N5O13P. The monoisotopic (exact) mass is 693 g/mol. The summed E-state index contributed by atoms with van der Waals surface area (Å²) in [6.07, 6.45) is -4.35. The minimum Gasteiger partial charge on any atom is -0.458 e. The van der Waals surface area contributed by atoms with E-state index < -0.39 is 92.4 Å². The number of hydrogen-bond acceptors (Lipinski definition) is 13. The summed E-state index contributed by atoms with van der Waals surface area (Å²) in [4.78, 5) is 76.5. The molecule has 2 aromatic heterocycles. The molecule has 6 N–H and O–H groups in total. The molecule has 1 aromatic carbocycles. The lowest BCUT2D eigenvalue weighted by molar-refractivity contribution is -0.154. The molecule has 2 aliphatic heterocycles. The number of aryl methyl sites for hydroxylation is 2. The second-order valence-corrected chi connectivity index (χ2v) is 13.0. The average Bonchev–Trinajstić information content (AvgIpc) is 3.63. The Hall–Kier alpha value is -4.00. The van der Waals surface area contributed by atoms with Gasteiger partial charge in [-0.1, -0.05) is 30.3 Å². The van der Waals surface area contributed by atoms with Crippen LogP contribution in [0.3, 0.4) is 0 Å². The zero-order chi connectivity index (χ0) is 34.7. The number of hydrogen-bond donors (Lipinski definition) is 5. The topological polar surface area (TPSA) is 256 Å². The lowest BCUT2D eigenvalue weighted by Crippen LogP contribution is -2.39. The Morgan fingerprint density at radius 2 is 1.50 bits per heavy atom. The number of nitrogens with one attached hydrogen (secondary N) is 2. The summed E-state index contributed by atoms with van der Waals surface area (Å²) in [7, 11) is -4.93. The number of rotatable bonds is 12. The highest BCUT2D eigenvalue weighted by Crippen LogP contribution is 2.49. The van der Waals surface area contributed by atoms with Gasteiger partial charge >= 0.3 is 25.2 Å². The molecule has 0 bridgehead atoms. The van der Waals surface area contributed by atoms with Gasteiger partial charge in [-0.05, 0) is 25.8 Å². The summed E-state index contributed by atoms with van der Waals surface area (Å²) < 4.78 is 43.1. The molecular weight excluding hydrogens is 657 g/mol. The molecule has 0 amide bonds. The Balaban J connectivity index is 1.29. The highest BCUT2D eigenvalue weighted by molar-refractivity contribution is 7.47. The Morgan fingerprint density at radius 3 is 2.06 bits per heavy atom. The molecule has 2 saturated heterocycles. The maximum absolute atomic E-state index is 13.1. The van der Waals surface area contributed by atoms with Crippen LogP contribution in [0.15, 0.2) is 61.9 Å². The molecule has 18 nitrogen and oxygen atoms in total. The van der Waals surface area contributed by atoms with E-state index in [0.717, 1.165) is 14.7 Å². The van der Waals surface area contributed by atoms with Crippen LogP contribution in [0.25, 0.3) is 0 Å². The van der Waals surface area contributed by atoms with Gasteiger partial charge in [0.1, 0.15) is 42.9 Å². The van der Waals surface area contributed by atoms with Crippen molar-refractivity contribution in [1.29, 1.82) is 0 Å². The van der Waals surface area contributed by atoms with Gasteiger partial charge in [-0.25, -0.2) is 14.2 Å². The number of aliphatic hydroxyl groups excluding tert-OH is 1. The molecule has 0 spiro atoms. The molecule has 5 rings (SSSR count). The van der Waals surface area contributed by atoms with Gasteiger partial charge in [0.15, 0.2) is 0 Å². The van der Waals surface area contributed by atoms with Crippen LogP contribution in [0.4, 0.5) is 0 Å². The Labute approximate surface area is 271 Å². The van der Waals surface area contributed by atoms with E-state index in [1.807, 2.05) is 6.07 Å². The number of phosphoric ester groups is 1. The van der Waals surface area contributed by atoms with E-state index in [1.165, 1.54) is 26.2 Å². The molecule has 1 unspecified atom stereocenters. The smallest absolute Gasteiger partial charge is 0.458 e. The average molecular weight is 694 g/mol. The van der Waals surface area contributed by atoms with Gasteiger partial charge in [0.2, 0.25) is 0 Å². The SMILES string of the molecule is Cc1cn([C@H]2C[C@H](OC(=O)[C@@H](N)Cc3ccccc3)[C@@H](COP(=O)(O)O[C@H]3C[C@H](n4cc(C)c(=O)[nH]c4=O)O[C@@H]3CO)O2)c(=O)[nH]c1=O. The number of nitrogens with two attached hydrogens (primary N) is 1. The standard InChI is InChI=1S/C29H36N5O13P/c1-15-11-33(28(39)31-25(15)36)23-9-19(46-27(38)18(30)8-17-6-4-3-5-7-17)22(45-23)14-43-48(41,42)47-20-10-24(44-21(20)13-35)34-12-16(2)26(37)32-29(34)40/h3-7,11-12,18-24,35H,8-10,13-14,30H2,1-2H3,(H,41,42)(H,31,36,39)(H,32,37,40)/t18-,19-,20-,21+,22+,23+,24+/m0/s1. The molecule has 4 heterocycles. The largest absolute Gasteiger partial charge is 0.472 e. The van der Waals surface area contributed by atoms with Crippen molar-refractivity contribution in [3.63, 3.8) is 0 Å². The van der Waals surface area contributed by atoms with Crippen molar-refractivity contribution in [2.24, 2.45) is 5.73 Å². The summed E-state index contributed by atoms with van der Waals surface area (Å²) in [6, 6.07) is 7.92. The summed E-state index contributed by atoms with van der Waals surface area (Å²) in [5.41, 5.74) is 4.55. The van der Waals surface area contributed by atoms with Gasteiger partial charge in [0.05, 0.1) is 13.2 Å². The van der Waals surface area contributed by atoms with Gasteiger partial charge in [-0.15, -0.1) is 0 Å². The van der Waals surface area contributed by atoms with Crippen molar-refractivity contribution < 1.29 is 42.6 Å². The number of nitrogens with zero attached hydrogens (tertiary/aromatic N) is 2. The predicted molar refractivity (Wildman–Crippen MR) is 165 cm³/mol. The number of H-pyrrole nitrogens is 2. The van der Waals surface area contributed by atoms with Crippen LogP contribution in [-0.4, -0.2) is 78.7 Å². The first-order chi connectivity index (χ1) is 22.7. The lowest BCUT2D eigenvalue weighted by atomic mass is 10.1. The maximum Gasteiger partial charge on any atom is 0.472 e. The number of aromatic nitrogens is 4. The van der Waals surface area contributed by atoms with Gasteiger partial charge < -0.3 is 29.9 Å². The quantitative estimate of drug-likeness (QED) is 0.116. The van der Waals surface area contributed by atoms with Crippen molar-refractivity contribution in [2.45, 2.75) is 76.0 Å². The summed E-state index contributed by atoms with van der Waals surface area (Å²) in [5.74, 6) is -0.792. The lowest BCUT2D eigenvalue weighted by Gasteiger charge is -2.23. The third kappa shape index (κ3) is 8.16. The number of phosphoric acid groups is 1. The van der Waals surface area contributed by atoms with Gasteiger partial charge in [0.25, 0.3) is 11.1 Å². The minimum absolute atomic E-state index is 0.0993. The molecule has 260 valence electrons. The molecule has 0 radical (unpaired) electrons. The first-order valence-corrected chi connectivity index (χ1v) is 16.5. The Kier molecular flexibility index (Phi) is 10.8. The second kappa shape index (κ2) is 14.6. The molecule has 0 aliphatic carbocycles. The number of carbonyl (C=O) groups excluding carboxylic acids is 1. The van der Waals surface area contributed by atoms with Crippen LogP contribution in [-0.2, 0) is 39.0 Å². The van der Waals surface area contributed by atoms with Crippen molar-refractivity contribution in [2.75, 3.05) is 13.2 Å². The first-order valence-electron chi connectivity index (χ1n) is 15.0. The van der Waals surface area contributed by atoms with Crippen molar-refractivity contribution in [1.82, 2.24) is 19.1 Å². The highest BCUT2D eigenvalue weighted by atomic mass is 31.2. The van der Waals surface area contributed by atoms with Crippen LogP contribution in [0, 0.1) is 13.8 Å². The second-order valence-electron chi connectivity index (χ2n) is 11.5. The number of aliphatic hydroxyl groups is 1. The number of benzene rings is 1. The van der Waals surface area contributed by atoms with E-state index in [0.29, 0.717) is 0 Å². The van der Waals surface area contributed by atoms with Crippen molar-refractivity contribution >= 4 is 13.8 Å². The van der Waals surface area contributed by atoms with Crippen LogP contribution in [0.5, 0.6) is 0 Å². The summed E-state index contributed by atoms with van der Waals surface area (Å²) in [5, 5.41) is 9.83. The highest BCUT2D eigenvalue weighted by Gasteiger charge is 2.44. The molecule has 2 aliphatic rings. The third-order valence-electron chi connectivity index (χ3n) is 7.99. The predicted octanol–water partition coefficient (Wildman–Crippen LogP) is -0.745.